The van der Waals surface area contributed by atoms with Crippen molar-refractivity contribution in [1.82, 2.24) is 0 Å². The smallest absolute Gasteiger partial charge is 0.164 e. The summed E-state index contributed by atoms with van der Waals surface area (Å²) >= 11 is 0. The fourth-order valence-corrected chi connectivity index (χ4v) is 2.02. The van der Waals surface area contributed by atoms with Gasteiger partial charge >= 0.3 is 0 Å². The molecule has 0 spiro atoms. The van der Waals surface area contributed by atoms with Gasteiger partial charge in [-0.15, -0.1) is 0 Å². The molecule has 1 saturated carbocycles. The molecule has 0 saturated heterocycles. The fourth-order valence-electron chi connectivity index (χ4n) is 2.02. The van der Waals surface area contributed by atoms with Crippen molar-refractivity contribution in [3.8, 4) is 17.2 Å². The van der Waals surface area contributed by atoms with Gasteiger partial charge in [-0.05, 0) is 24.8 Å². The highest BCUT2D eigenvalue weighted by atomic mass is 16.5. The minimum absolute atomic E-state index is 0.0183. The molecule has 0 aliphatic heterocycles. The van der Waals surface area contributed by atoms with E-state index in [9.17, 15) is 0 Å². The molecule has 0 heterocycles. The molecule has 1 atom stereocenters. The van der Waals surface area contributed by atoms with Crippen LogP contribution in [0.5, 0.6) is 17.2 Å². The molecule has 4 nitrogen and oxygen atoms in total. The standard InChI is InChI=1S/C13H19NO3/c1-15-10-7-12(17-3)11(16-2)6-9(10)13(14)8-4-5-8/h6-8,13H,4-5,14H2,1-3H3/t13-/m1/s1. The van der Waals surface area contributed by atoms with Crippen LogP contribution in [-0.4, -0.2) is 21.3 Å². The summed E-state index contributed by atoms with van der Waals surface area (Å²) in [7, 11) is 4.87. The number of ether oxygens (including phenoxy) is 3. The van der Waals surface area contributed by atoms with E-state index in [1.807, 2.05) is 12.1 Å². The van der Waals surface area contributed by atoms with Gasteiger partial charge < -0.3 is 19.9 Å². The average molecular weight is 237 g/mol. The molecule has 1 aromatic carbocycles. The van der Waals surface area contributed by atoms with Gasteiger partial charge in [0.15, 0.2) is 11.5 Å². The average Bonchev–Trinajstić information content (AvgIpc) is 3.20. The van der Waals surface area contributed by atoms with E-state index < -0.39 is 0 Å². The van der Waals surface area contributed by atoms with E-state index in [4.69, 9.17) is 19.9 Å². The van der Waals surface area contributed by atoms with Gasteiger partial charge in [-0.2, -0.15) is 0 Å². The number of rotatable bonds is 5. The molecule has 1 aromatic rings. The molecule has 0 aromatic heterocycles. The van der Waals surface area contributed by atoms with Crippen LogP contribution in [-0.2, 0) is 0 Å². The highest BCUT2D eigenvalue weighted by Gasteiger charge is 2.32. The highest BCUT2D eigenvalue weighted by Crippen LogP contribution is 2.45. The van der Waals surface area contributed by atoms with Crippen molar-refractivity contribution in [2.75, 3.05) is 21.3 Å². The van der Waals surface area contributed by atoms with E-state index in [-0.39, 0.29) is 6.04 Å². The van der Waals surface area contributed by atoms with Crippen molar-refractivity contribution in [3.63, 3.8) is 0 Å². The molecule has 0 amide bonds. The first kappa shape index (κ1) is 12.0. The highest BCUT2D eigenvalue weighted by molar-refractivity contribution is 5.52. The van der Waals surface area contributed by atoms with Crippen molar-refractivity contribution in [3.05, 3.63) is 17.7 Å². The third-order valence-electron chi connectivity index (χ3n) is 3.22. The lowest BCUT2D eigenvalue weighted by Gasteiger charge is -2.18. The van der Waals surface area contributed by atoms with Crippen molar-refractivity contribution in [2.45, 2.75) is 18.9 Å². The van der Waals surface area contributed by atoms with E-state index in [1.165, 1.54) is 12.8 Å². The second-order valence-corrected chi connectivity index (χ2v) is 4.31. The predicted molar refractivity (Wildman–Crippen MR) is 65.8 cm³/mol. The zero-order valence-electron chi connectivity index (χ0n) is 10.5. The molecule has 1 fully saturated rings. The van der Waals surface area contributed by atoms with Crippen LogP contribution in [0.15, 0.2) is 12.1 Å². The Hall–Kier alpha value is -1.42. The summed E-state index contributed by atoms with van der Waals surface area (Å²) in [4.78, 5) is 0. The first-order valence-corrected chi connectivity index (χ1v) is 5.76. The lowest BCUT2D eigenvalue weighted by molar-refractivity contribution is 0.346. The van der Waals surface area contributed by atoms with E-state index in [1.54, 1.807) is 21.3 Å². The third kappa shape index (κ3) is 2.31. The Morgan fingerprint density at radius 2 is 1.53 bits per heavy atom. The molecule has 0 bridgehead atoms. The zero-order chi connectivity index (χ0) is 12.4. The Kier molecular flexibility index (Phi) is 3.43. The van der Waals surface area contributed by atoms with Gasteiger partial charge in [-0.1, -0.05) is 0 Å². The molecule has 1 aliphatic rings. The monoisotopic (exact) mass is 237 g/mol. The van der Waals surface area contributed by atoms with Crippen LogP contribution >= 0.6 is 0 Å². The Morgan fingerprint density at radius 3 is 2.00 bits per heavy atom. The predicted octanol–water partition coefficient (Wildman–Crippen LogP) is 2.12. The second-order valence-electron chi connectivity index (χ2n) is 4.31. The molecule has 1 aliphatic carbocycles. The van der Waals surface area contributed by atoms with Gasteiger partial charge in [0.05, 0.1) is 21.3 Å². The number of methoxy groups -OCH3 is 3. The van der Waals surface area contributed by atoms with Crippen LogP contribution in [0.4, 0.5) is 0 Å². The van der Waals surface area contributed by atoms with Gasteiger partial charge in [0, 0.05) is 17.7 Å². The van der Waals surface area contributed by atoms with Crippen molar-refractivity contribution >= 4 is 0 Å². The Morgan fingerprint density at radius 1 is 1.00 bits per heavy atom. The summed E-state index contributed by atoms with van der Waals surface area (Å²) in [5.41, 5.74) is 7.21. The largest absolute Gasteiger partial charge is 0.496 e. The maximum atomic E-state index is 6.22. The van der Waals surface area contributed by atoms with E-state index in [0.717, 1.165) is 11.3 Å². The minimum atomic E-state index is 0.0183. The molecule has 0 radical (unpaired) electrons. The molecule has 0 unspecified atom stereocenters. The fraction of sp³-hybridized carbons (Fsp3) is 0.538. The van der Waals surface area contributed by atoms with Crippen LogP contribution < -0.4 is 19.9 Å². The number of hydrogen-bond donors (Lipinski definition) is 1. The van der Waals surface area contributed by atoms with Gasteiger partial charge in [0.2, 0.25) is 0 Å². The second kappa shape index (κ2) is 4.84. The first-order chi connectivity index (χ1) is 8.21. The molecule has 4 heteroatoms. The van der Waals surface area contributed by atoms with E-state index in [0.29, 0.717) is 17.4 Å². The van der Waals surface area contributed by atoms with Crippen molar-refractivity contribution in [1.29, 1.82) is 0 Å². The Labute approximate surface area is 102 Å². The lowest BCUT2D eigenvalue weighted by Crippen LogP contribution is -2.14. The molecule has 2 rings (SSSR count). The van der Waals surface area contributed by atoms with Crippen molar-refractivity contribution in [2.24, 2.45) is 11.7 Å². The van der Waals surface area contributed by atoms with Gasteiger partial charge in [-0.25, -0.2) is 0 Å². The van der Waals surface area contributed by atoms with Crippen LogP contribution in [0.3, 0.4) is 0 Å². The van der Waals surface area contributed by atoms with Crippen molar-refractivity contribution < 1.29 is 14.2 Å². The minimum Gasteiger partial charge on any atom is -0.496 e. The van der Waals surface area contributed by atoms with Crippen LogP contribution in [0, 0.1) is 5.92 Å². The maximum Gasteiger partial charge on any atom is 0.164 e. The van der Waals surface area contributed by atoms with Gasteiger partial charge in [0.25, 0.3) is 0 Å². The third-order valence-corrected chi connectivity index (χ3v) is 3.22. The molecule has 2 N–H and O–H groups in total. The summed E-state index contributed by atoms with van der Waals surface area (Å²) in [6.45, 7) is 0. The number of hydrogen-bond acceptors (Lipinski definition) is 4. The molecular formula is C13H19NO3. The van der Waals surface area contributed by atoms with Crippen LogP contribution in [0.25, 0.3) is 0 Å². The summed E-state index contributed by atoms with van der Waals surface area (Å²) in [5, 5.41) is 0. The zero-order valence-corrected chi connectivity index (χ0v) is 10.5. The maximum absolute atomic E-state index is 6.22. The SMILES string of the molecule is COc1cc(OC)c([C@H](N)C2CC2)cc1OC. The first-order valence-electron chi connectivity index (χ1n) is 5.76. The quantitative estimate of drug-likeness (QED) is 0.852. The van der Waals surface area contributed by atoms with E-state index in [2.05, 4.69) is 0 Å². The topological polar surface area (TPSA) is 53.7 Å². The van der Waals surface area contributed by atoms with Gasteiger partial charge in [0.1, 0.15) is 5.75 Å². The van der Waals surface area contributed by atoms with E-state index >= 15 is 0 Å². The summed E-state index contributed by atoms with van der Waals surface area (Å²) in [6.07, 6.45) is 2.39. The molecule has 94 valence electrons. The summed E-state index contributed by atoms with van der Waals surface area (Å²) in [6, 6.07) is 3.77. The molecule has 17 heavy (non-hydrogen) atoms. The lowest BCUT2D eigenvalue weighted by atomic mass is 10.0. The van der Waals surface area contributed by atoms with Crippen LogP contribution in [0.1, 0.15) is 24.4 Å². The molecular weight excluding hydrogens is 218 g/mol. The summed E-state index contributed by atoms with van der Waals surface area (Å²) in [5.74, 6) is 2.69. The van der Waals surface area contributed by atoms with Gasteiger partial charge in [-0.3, -0.25) is 0 Å². The van der Waals surface area contributed by atoms with Crippen LogP contribution in [0.2, 0.25) is 0 Å². The number of benzene rings is 1. The Balaban J connectivity index is 2.41. The normalized spacial score (nSPS) is 16.5. The summed E-state index contributed by atoms with van der Waals surface area (Å²) < 4.78 is 15.9. The Bertz CT molecular complexity index is 402. The number of nitrogens with two attached hydrogens (primary N) is 1.